The molecule has 0 radical (unpaired) electrons. The smallest absolute Gasteiger partial charge is 0.247 e. The standard InChI is InChI=1S/C31H37N7O4/c1-4-31(40)35-25-17-26(29(41-3)19-28(25)38-11-9-37(10-12-38)13-15-42-16-14-39)34-30-18-24(32-21-33-30)23-20-36(2)27-8-6-5-7-22(23)27/h4-8,17-21,39H,1,9-16H2,2-3H3,(H,35,40)(H,32,33,34). The number of aliphatic hydroxyl groups is 1. The third kappa shape index (κ3) is 6.54. The zero-order valence-electron chi connectivity index (χ0n) is 24.0. The molecule has 3 N–H and O–H groups in total. The molecule has 11 heteroatoms. The molecule has 11 nitrogen and oxygen atoms in total. The number of para-hydroxylation sites is 1. The van der Waals surface area contributed by atoms with Gasteiger partial charge in [-0.2, -0.15) is 0 Å². The molecule has 5 rings (SSSR count). The van der Waals surface area contributed by atoms with Gasteiger partial charge in [-0.05, 0) is 18.2 Å². The van der Waals surface area contributed by atoms with Gasteiger partial charge in [0.15, 0.2) is 0 Å². The largest absolute Gasteiger partial charge is 0.494 e. The third-order valence-electron chi connectivity index (χ3n) is 7.36. The first kappa shape index (κ1) is 29.1. The molecule has 42 heavy (non-hydrogen) atoms. The lowest BCUT2D eigenvalue weighted by atomic mass is 10.1. The predicted molar refractivity (Wildman–Crippen MR) is 166 cm³/mol. The van der Waals surface area contributed by atoms with Crippen molar-refractivity contribution in [3.05, 3.63) is 67.6 Å². The summed E-state index contributed by atoms with van der Waals surface area (Å²) in [6.07, 6.45) is 4.86. The summed E-state index contributed by atoms with van der Waals surface area (Å²) in [5.41, 5.74) is 5.09. The lowest BCUT2D eigenvalue weighted by Gasteiger charge is -2.37. The summed E-state index contributed by atoms with van der Waals surface area (Å²) in [5.74, 6) is 0.913. The SMILES string of the molecule is C=CC(=O)Nc1cc(Nc2cc(-c3cn(C)c4ccccc34)ncn2)c(OC)cc1N1CCN(CCOCCO)CC1. The number of aliphatic hydroxyl groups excluding tert-OH is 1. The lowest BCUT2D eigenvalue weighted by molar-refractivity contribution is -0.111. The number of anilines is 4. The first-order valence-corrected chi connectivity index (χ1v) is 14.0. The number of hydrogen-bond donors (Lipinski definition) is 3. The second kappa shape index (κ2) is 13.5. The molecule has 0 spiro atoms. The van der Waals surface area contributed by atoms with Gasteiger partial charge in [-0.3, -0.25) is 9.69 Å². The van der Waals surface area contributed by atoms with Crippen LogP contribution >= 0.6 is 0 Å². The van der Waals surface area contributed by atoms with Crippen molar-refractivity contribution in [1.82, 2.24) is 19.4 Å². The van der Waals surface area contributed by atoms with E-state index in [0.717, 1.165) is 60.6 Å². The van der Waals surface area contributed by atoms with Gasteiger partial charge < -0.3 is 34.7 Å². The summed E-state index contributed by atoms with van der Waals surface area (Å²) in [6, 6.07) is 13.9. The van der Waals surface area contributed by atoms with Gasteiger partial charge in [-0.15, -0.1) is 0 Å². The highest BCUT2D eigenvalue weighted by Crippen LogP contribution is 2.39. The van der Waals surface area contributed by atoms with E-state index in [1.54, 1.807) is 7.11 Å². The molecule has 220 valence electrons. The van der Waals surface area contributed by atoms with E-state index in [1.807, 2.05) is 37.4 Å². The molecule has 0 saturated carbocycles. The van der Waals surface area contributed by atoms with Gasteiger partial charge in [-0.25, -0.2) is 9.97 Å². The summed E-state index contributed by atoms with van der Waals surface area (Å²) in [6.45, 7) is 8.62. The minimum atomic E-state index is -0.299. The van der Waals surface area contributed by atoms with Crippen molar-refractivity contribution in [2.45, 2.75) is 0 Å². The molecule has 3 heterocycles. The number of carbonyl (C=O) groups is 1. The molecule has 1 amide bonds. The number of benzene rings is 2. The highest BCUT2D eigenvalue weighted by Gasteiger charge is 2.22. The molecule has 0 unspecified atom stereocenters. The number of rotatable bonds is 12. The molecule has 0 atom stereocenters. The fourth-order valence-electron chi connectivity index (χ4n) is 5.21. The second-order valence-corrected chi connectivity index (χ2v) is 10.0. The maximum Gasteiger partial charge on any atom is 0.247 e. The Morgan fingerprint density at radius 1 is 1.10 bits per heavy atom. The van der Waals surface area contributed by atoms with Crippen LogP contribution in [0.25, 0.3) is 22.2 Å². The van der Waals surface area contributed by atoms with Crippen molar-refractivity contribution in [1.29, 1.82) is 0 Å². The molecule has 1 aliphatic rings. The van der Waals surface area contributed by atoms with Crippen LogP contribution in [0.1, 0.15) is 0 Å². The van der Waals surface area contributed by atoms with E-state index in [-0.39, 0.29) is 12.5 Å². The van der Waals surface area contributed by atoms with Gasteiger partial charge in [0, 0.05) is 74.6 Å². The van der Waals surface area contributed by atoms with Crippen LogP contribution in [0, 0.1) is 0 Å². The Morgan fingerprint density at radius 2 is 1.90 bits per heavy atom. The fraction of sp³-hybridized carbons (Fsp3) is 0.323. The number of aromatic nitrogens is 3. The molecule has 1 saturated heterocycles. The van der Waals surface area contributed by atoms with Crippen LogP contribution in [0.2, 0.25) is 0 Å². The van der Waals surface area contributed by atoms with E-state index < -0.39 is 0 Å². The van der Waals surface area contributed by atoms with Crippen LogP contribution in [-0.4, -0.2) is 90.1 Å². The van der Waals surface area contributed by atoms with Crippen molar-refractivity contribution in [2.75, 3.05) is 75.2 Å². The van der Waals surface area contributed by atoms with Gasteiger partial charge in [0.1, 0.15) is 17.9 Å². The minimum absolute atomic E-state index is 0.0300. The van der Waals surface area contributed by atoms with E-state index in [2.05, 4.69) is 59.9 Å². The number of carbonyl (C=O) groups excluding carboxylic acids is 1. The van der Waals surface area contributed by atoms with E-state index in [1.165, 1.54) is 12.4 Å². The Balaban J connectivity index is 1.40. The third-order valence-corrected chi connectivity index (χ3v) is 7.36. The quantitative estimate of drug-likeness (QED) is 0.173. The van der Waals surface area contributed by atoms with Crippen molar-refractivity contribution >= 4 is 39.7 Å². The van der Waals surface area contributed by atoms with E-state index in [0.29, 0.717) is 36.2 Å². The molecule has 1 aliphatic heterocycles. The van der Waals surface area contributed by atoms with E-state index >= 15 is 0 Å². The summed E-state index contributed by atoms with van der Waals surface area (Å²) < 4.78 is 13.3. The highest BCUT2D eigenvalue weighted by atomic mass is 16.5. The zero-order chi connectivity index (χ0) is 29.5. The number of hydrogen-bond acceptors (Lipinski definition) is 9. The van der Waals surface area contributed by atoms with Crippen LogP contribution in [0.3, 0.4) is 0 Å². The summed E-state index contributed by atoms with van der Waals surface area (Å²) in [7, 11) is 3.64. The lowest BCUT2D eigenvalue weighted by Crippen LogP contribution is -2.47. The fourth-order valence-corrected chi connectivity index (χ4v) is 5.21. The Bertz CT molecular complexity index is 1550. The Morgan fingerprint density at radius 3 is 2.67 bits per heavy atom. The summed E-state index contributed by atoms with van der Waals surface area (Å²) >= 11 is 0. The topological polar surface area (TPSA) is 117 Å². The van der Waals surface area contributed by atoms with Gasteiger partial charge in [0.05, 0.1) is 49.7 Å². The molecular weight excluding hydrogens is 534 g/mol. The number of piperazine rings is 1. The zero-order valence-corrected chi connectivity index (χ0v) is 24.0. The number of ether oxygens (including phenoxy) is 2. The highest BCUT2D eigenvalue weighted by molar-refractivity contribution is 6.02. The van der Waals surface area contributed by atoms with Gasteiger partial charge in [0.2, 0.25) is 5.91 Å². The average Bonchev–Trinajstić information content (AvgIpc) is 3.36. The number of nitrogens with zero attached hydrogens (tertiary/aromatic N) is 5. The van der Waals surface area contributed by atoms with E-state index in [4.69, 9.17) is 14.6 Å². The second-order valence-electron chi connectivity index (χ2n) is 10.0. The summed E-state index contributed by atoms with van der Waals surface area (Å²) in [4.78, 5) is 26.0. The predicted octanol–water partition coefficient (Wildman–Crippen LogP) is 3.64. The molecule has 1 fully saturated rings. The Kier molecular flexibility index (Phi) is 9.32. The van der Waals surface area contributed by atoms with Crippen LogP contribution in [0.4, 0.5) is 22.9 Å². The Hall–Kier alpha value is -4.45. The Labute approximate surface area is 245 Å². The maximum atomic E-state index is 12.4. The van der Waals surface area contributed by atoms with Crippen molar-refractivity contribution in [3.63, 3.8) is 0 Å². The molecule has 4 aromatic rings. The number of amides is 1. The van der Waals surface area contributed by atoms with Crippen molar-refractivity contribution in [3.8, 4) is 17.0 Å². The van der Waals surface area contributed by atoms with Crippen LogP contribution < -0.4 is 20.3 Å². The van der Waals surface area contributed by atoms with E-state index in [9.17, 15) is 4.79 Å². The molecular formula is C31H37N7O4. The van der Waals surface area contributed by atoms with Crippen molar-refractivity contribution < 1.29 is 19.4 Å². The molecule has 0 aliphatic carbocycles. The van der Waals surface area contributed by atoms with Gasteiger partial charge in [-0.1, -0.05) is 24.8 Å². The molecule has 2 aromatic carbocycles. The number of aryl methyl sites for hydroxylation is 1. The maximum absolute atomic E-state index is 12.4. The number of nitrogens with one attached hydrogen (secondary N) is 2. The van der Waals surface area contributed by atoms with Crippen LogP contribution in [-0.2, 0) is 16.6 Å². The monoisotopic (exact) mass is 571 g/mol. The number of methoxy groups -OCH3 is 1. The van der Waals surface area contributed by atoms with Crippen LogP contribution in [0.5, 0.6) is 5.75 Å². The van der Waals surface area contributed by atoms with Gasteiger partial charge >= 0.3 is 0 Å². The average molecular weight is 572 g/mol. The first-order valence-electron chi connectivity index (χ1n) is 14.0. The number of fused-ring (bicyclic) bond motifs is 1. The first-order chi connectivity index (χ1) is 20.5. The van der Waals surface area contributed by atoms with Crippen LogP contribution in [0.15, 0.2) is 67.6 Å². The summed E-state index contributed by atoms with van der Waals surface area (Å²) in [5, 5.41) is 16.4. The molecule has 0 bridgehead atoms. The normalized spacial score (nSPS) is 13.7. The minimum Gasteiger partial charge on any atom is -0.494 e. The van der Waals surface area contributed by atoms with Crippen molar-refractivity contribution in [2.24, 2.45) is 7.05 Å². The van der Waals surface area contributed by atoms with Gasteiger partial charge in [0.25, 0.3) is 0 Å². The molecule has 2 aromatic heterocycles.